The van der Waals surface area contributed by atoms with Crippen molar-refractivity contribution in [3.05, 3.63) is 75.6 Å². The van der Waals surface area contributed by atoms with Crippen molar-refractivity contribution in [3.8, 4) is 5.75 Å². The summed E-state index contributed by atoms with van der Waals surface area (Å²) in [4.78, 5) is 27.2. The van der Waals surface area contributed by atoms with Gasteiger partial charge in [-0.05, 0) is 55.0 Å². The summed E-state index contributed by atoms with van der Waals surface area (Å²) in [5, 5.41) is 3.90. The fourth-order valence-electron chi connectivity index (χ4n) is 3.14. The quantitative estimate of drug-likeness (QED) is 0.677. The largest absolute Gasteiger partial charge is 0.496 e. The summed E-state index contributed by atoms with van der Waals surface area (Å²) in [5.41, 5.74) is 3.51. The first kappa shape index (κ1) is 18.7. The van der Waals surface area contributed by atoms with E-state index in [9.17, 15) is 9.59 Å². The molecule has 1 heterocycles. The van der Waals surface area contributed by atoms with Crippen LogP contribution in [0.5, 0.6) is 5.75 Å². The fraction of sp³-hybridized carbons (Fsp3) is 0.273. The molecule has 0 bridgehead atoms. The highest BCUT2D eigenvalue weighted by Crippen LogP contribution is 2.17. The van der Waals surface area contributed by atoms with E-state index in [0.717, 1.165) is 27.8 Å². The molecule has 0 aliphatic rings. The SMILES string of the molecule is COc1ccccc1CCNC(=O)CCc1cc2cc(C)ccc2[nH]c1=O. The van der Waals surface area contributed by atoms with Crippen LogP contribution in [0.3, 0.4) is 0 Å². The van der Waals surface area contributed by atoms with E-state index in [1.165, 1.54) is 0 Å². The summed E-state index contributed by atoms with van der Waals surface area (Å²) in [6.45, 7) is 2.55. The number of benzene rings is 2. The number of methoxy groups -OCH3 is 1. The number of aromatic nitrogens is 1. The maximum absolute atomic E-state index is 12.2. The number of ether oxygens (including phenoxy) is 1. The number of fused-ring (bicyclic) bond motifs is 1. The molecule has 2 aromatic carbocycles. The van der Waals surface area contributed by atoms with Crippen LogP contribution in [0.2, 0.25) is 0 Å². The lowest BCUT2D eigenvalue weighted by molar-refractivity contribution is -0.121. The Morgan fingerprint density at radius 3 is 2.70 bits per heavy atom. The van der Waals surface area contributed by atoms with E-state index < -0.39 is 0 Å². The highest BCUT2D eigenvalue weighted by atomic mass is 16.5. The van der Waals surface area contributed by atoms with Crippen molar-refractivity contribution >= 4 is 16.8 Å². The van der Waals surface area contributed by atoms with Gasteiger partial charge in [-0.1, -0.05) is 29.8 Å². The van der Waals surface area contributed by atoms with E-state index in [2.05, 4.69) is 10.3 Å². The lowest BCUT2D eigenvalue weighted by atomic mass is 10.1. The Hall–Kier alpha value is -3.08. The Morgan fingerprint density at radius 1 is 1.07 bits per heavy atom. The van der Waals surface area contributed by atoms with Crippen LogP contribution in [0.4, 0.5) is 0 Å². The number of hydrogen-bond donors (Lipinski definition) is 2. The van der Waals surface area contributed by atoms with Crippen molar-refractivity contribution in [2.24, 2.45) is 0 Å². The smallest absolute Gasteiger partial charge is 0.251 e. The zero-order chi connectivity index (χ0) is 19.2. The van der Waals surface area contributed by atoms with Gasteiger partial charge in [-0.2, -0.15) is 0 Å². The molecule has 0 aliphatic carbocycles. The van der Waals surface area contributed by atoms with Crippen molar-refractivity contribution in [3.63, 3.8) is 0 Å². The first-order chi connectivity index (χ1) is 13.1. The van der Waals surface area contributed by atoms with Crippen molar-refractivity contribution in [2.75, 3.05) is 13.7 Å². The highest BCUT2D eigenvalue weighted by Gasteiger charge is 2.08. The molecule has 0 spiro atoms. The molecule has 27 heavy (non-hydrogen) atoms. The third-order valence-electron chi connectivity index (χ3n) is 4.61. The van der Waals surface area contributed by atoms with Gasteiger partial charge in [0.05, 0.1) is 7.11 Å². The van der Waals surface area contributed by atoms with Crippen LogP contribution in [0.15, 0.2) is 53.3 Å². The topological polar surface area (TPSA) is 71.2 Å². The van der Waals surface area contributed by atoms with Gasteiger partial charge in [0.2, 0.25) is 5.91 Å². The van der Waals surface area contributed by atoms with Crippen LogP contribution in [0.25, 0.3) is 10.9 Å². The monoisotopic (exact) mass is 364 g/mol. The predicted octanol–water partition coefficient (Wildman–Crippen LogP) is 3.14. The molecule has 0 unspecified atom stereocenters. The van der Waals surface area contributed by atoms with Gasteiger partial charge in [0.15, 0.2) is 0 Å². The van der Waals surface area contributed by atoms with Crippen molar-refractivity contribution in [1.29, 1.82) is 0 Å². The summed E-state index contributed by atoms with van der Waals surface area (Å²) >= 11 is 0. The second-order valence-electron chi connectivity index (χ2n) is 6.63. The van der Waals surface area contributed by atoms with Crippen LogP contribution in [-0.2, 0) is 17.6 Å². The maximum Gasteiger partial charge on any atom is 0.251 e. The lowest BCUT2D eigenvalue weighted by Crippen LogP contribution is -2.26. The third-order valence-corrected chi connectivity index (χ3v) is 4.61. The Kier molecular flexibility index (Phi) is 5.91. The summed E-state index contributed by atoms with van der Waals surface area (Å²) < 4.78 is 5.31. The maximum atomic E-state index is 12.2. The molecule has 0 saturated carbocycles. The summed E-state index contributed by atoms with van der Waals surface area (Å²) in [5.74, 6) is 0.762. The van der Waals surface area contributed by atoms with Crippen LogP contribution in [-0.4, -0.2) is 24.5 Å². The number of nitrogens with one attached hydrogen (secondary N) is 2. The molecule has 1 amide bonds. The molecule has 3 rings (SSSR count). The fourth-order valence-corrected chi connectivity index (χ4v) is 3.14. The second-order valence-corrected chi connectivity index (χ2v) is 6.63. The minimum Gasteiger partial charge on any atom is -0.496 e. The van der Waals surface area contributed by atoms with E-state index in [1.807, 2.05) is 55.5 Å². The minimum atomic E-state index is -0.131. The van der Waals surface area contributed by atoms with E-state index in [0.29, 0.717) is 24.9 Å². The van der Waals surface area contributed by atoms with Gasteiger partial charge in [0, 0.05) is 24.0 Å². The van der Waals surface area contributed by atoms with E-state index >= 15 is 0 Å². The number of aryl methyl sites for hydroxylation is 2. The number of carbonyl (C=O) groups excluding carboxylic acids is 1. The number of pyridine rings is 1. The Balaban J connectivity index is 1.55. The van der Waals surface area contributed by atoms with E-state index in [-0.39, 0.29) is 17.9 Å². The standard InChI is InChI=1S/C22H24N2O3/c1-15-7-9-19-18(13-15)14-17(22(26)24-19)8-10-21(25)23-12-11-16-5-3-4-6-20(16)27-2/h3-7,9,13-14H,8,10-12H2,1-2H3,(H,23,25)(H,24,26). The molecule has 5 heteroatoms. The number of aromatic amines is 1. The summed E-state index contributed by atoms with van der Waals surface area (Å²) in [7, 11) is 1.64. The third kappa shape index (κ3) is 4.76. The normalized spacial score (nSPS) is 10.7. The molecule has 1 aromatic heterocycles. The zero-order valence-electron chi connectivity index (χ0n) is 15.7. The second kappa shape index (κ2) is 8.54. The number of para-hydroxylation sites is 1. The number of amides is 1. The molecule has 0 atom stereocenters. The number of H-pyrrole nitrogens is 1. The van der Waals surface area contributed by atoms with Gasteiger partial charge in [-0.3, -0.25) is 9.59 Å². The van der Waals surface area contributed by atoms with Gasteiger partial charge in [0.1, 0.15) is 5.75 Å². The van der Waals surface area contributed by atoms with Crippen LogP contribution in [0, 0.1) is 6.92 Å². The molecule has 2 N–H and O–H groups in total. The van der Waals surface area contributed by atoms with Crippen LogP contribution in [0.1, 0.15) is 23.1 Å². The molecular weight excluding hydrogens is 340 g/mol. The van der Waals surface area contributed by atoms with Gasteiger partial charge in [-0.25, -0.2) is 0 Å². The Morgan fingerprint density at radius 2 is 1.89 bits per heavy atom. The lowest BCUT2D eigenvalue weighted by Gasteiger charge is -2.09. The minimum absolute atomic E-state index is 0.0614. The number of hydrogen-bond acceptors (Lipinski definition) is 3. The Labute approximate surface area is 158 Å². The average molecular weight is 364 g/mol. The molecule has 0 radical (unpaired) electrons. The van der Waals surface area contributed by atoms with Crippen molar-refractivity contribution in [2.45, 2.75) is 26.2 Å². The van der Waals surface area contributed by atoms with Gasteiger partial charge >= 0.3 is 0 Å². The molecule has 0 fully saturated rings. The number of rotatable bonds is 7. The van der Waals surface area contributed by atoms with Gasteiger partial charge < -0.3 is 15.0 Å². The first-order valence-corrected chi connectivity index (χ1v) is 9.08. The highest BCUT2D eigenvalue weighted by molar-refractivity contribution is 5.80. The summed E-state index contributed by atoms with van der Waals surface area (Å²) in [6.07, 6.45) is 1.40. The molecule has 3 aromatic rings. The van der Waals surface area contributed by atoms with Crippen LogP contribution < -0.4 is 15.6 Å². The zero-order valence-corrected chi connectivity index (χ0v) is 15.7. The van der Waals surface area contributed by atoms with Gasteiger partial charge in [-0.15, -0.1) is 0 Å². The van der Waals surface area contributed by atoms with E-state index in [4.69, 9.17) is 4.74 Å². The molecule has 0 saturated heterocycles. The predicted molar refractivity (Wildman–Crippen MR) is 107 cm³/mol. The first-order valence-electron chi connectivity index (χ1n) is 9.08. The Bertz CT molecular complexity index is 1010. The molecular formula is C22H24N2O3. The van der Waals surface area contributed by atoms with Crippen molar-refractivity contribution < 1.29 is 9.53 Å². The summed E-state index contributed by atoms with van der Waals surface area (Å²) in [6, 6.07) is 15.5. The average Bonchev–Trinajstić information content (AvgIpc) is 2.67. The molecule has 5 nitrogen and oxygen atoms in total. The number of carbonyl (C=O) groups is 1. The molecule has 0 aliphatic heterocycles. The van der Waals surface area contributed by atoms with E-state index in [1.54, 1.807) is 7.11 Å². The van der Waals surface area contributed by atoms with Crippen molar-refractivity contribution in [1.82, 2.24) is 10.3 Å². The van der Waals surface area contributed by atoms with Crippen LogP contribution >= 0.6 is 0 Å². The van der Waals surface area contributed by atoms with Gasteiger partial charge in [0.25, 0.3) is 5.56 Å². The molecule has 140 valence electrons.